The van der Waals surface area contributed by atoms with E-state index in [1.165, 1.54) is 37.4 Å². The molecule has 3 aromatic carbocycles. The molecule has 1 saturated carbocycles. The van der Waals surface area contributed by atoms with Crippen LogP contribution in [0.2, 0.25) is 0 Å². The minimum atomic E-state index is -4.50. The highest BCUT2D eigenvalue weighted by Gasteiger charge is 2.22. The Morgan fingerprint density at radius 1 is 1.07 bits per heavy atom. The first-order valence-corrected chi connectivity index (χ1v) is 14.6. The summed E-state index contributed by atoms with van der Waals surface area (Å²) in [6.45, 7) is -2.69. The number of methoxy groups -OCH3 is 1. The molecule has 1 aliphatic carbocycles. The zero-order chi connectivity index (χ0) is 32.6. The van der Waals surface area contributed by atoms with Gasteiger partial charge in [0.1, 0.15) is 11.8 Å². The van der Waals surface area contributed by atoms with Crippen LogP contribution in [-0.2, 0) is 28.2 Å². The van der Waals surface area contributed by atoms with E-state index in [1.807, 2.05) is 34.7 Å². The lowest BCUT2D eigenvalue weighted by molar-refractivity contribution is 0.0980. The normalized spacial score (nSPS) is 16.2. The maximum Gasteiger partial charge on any atom is 0.411 e. The number of sulfonamides is 1. The third-order valence-electron chi connectivity index (χ3n) is 7.05. The number of aryl methyl sites for hydroxylation is 2. The first-order chi connectivity index (χ1) is 21.2. The summed E-state index contributed by atoms with van der Waals surface area (Å²) in [7, 11) is -1.17. The monoisotopic (exact) mass is 579 g/mol. The number of ether oxygens (including phenoxy) is 2. The smallest absolute Gasteiger partial charge is 0.411 e. The number of anilines is 1. The predicted octanol–water partition coefficient (Wildman–Crippen LogP) is 5.70. The highest BCUT2D eigenvalue weighted by Crippen LogP contribution is 2.30. The van der Waals surface area contributed by atoms with E-state index in [2.05, 4.69) is 5.32 Å². The summed E-state index contributed by atoms with van der Waals surface area (Å²) in [5.41, 5.74) is 2.65. The van der Waals surface area contributed by atoms with Crippen LogP contribution in [0, 0.1) is 6.85 Å². The Morgan fingerprint density at radius 3 is 2.61 bits per heavy atom. The van der Waals surface area contributed by atoms with Crippen molar-refractivity contribution in [2.45, 2.75) is 49.9 Å². The highest BCUT2D eigenvalue weighted by molar-refractivity contribution is 7.90. The SMILES string of the molecule is [2H]C1(OC(=O)Nc2ccc3c(c2)c(Cc2ccc(C(=O)NS(=O)(=O)c4ccccc4C([2H])([2H])[2H])cc2OC)cn3C)CCCC1. The molecular formula is C31H33N3O6S. The van der Waals surface area contributed by atoms with Gasteiger partial charge in [-0.05, 0) is 85.6 Å². The van der Waals surface area contributed by atoms with Gasteiger partial charge in [0, 0.05) is 45.9 Å². The van der Waals surface area contributed by atoms with E-state index in [4.69, 9.17) is 15.0 Å². The number of nitrogens with one attached hydrogen (secondary N) is 2. The Bertz CT molecular complexity index is 1880. The molecule has 5 rings (SSSR count). The first kappa shape index (κ1) is 23.4. The maximum atomic E-state index is 13.0. The van der Waals surface area contributed by atoms with E-state index in [9.17, 15) is 18.0 Å². The molecule has 2 N–H and O–H groups in total. The number of aromatic nitrogens is 1. The Kier molecular flexibility index (Phi) is 6.66. The Labute approximate surface area is 245 Å². The van der Waals surface area contributed by atoms with Crippen molar-refractivity contribution < 1.29 is 33.0 Å². The van der Waals surface area contributed by atoms with E-state index in [0.29, 0.717) is 36.3 Å². The Hall–Kier alpha value is -4.31. The van der Waals surface area contributed by atoms with Gasteiger partial charge in [-0.2, -0.15) is 0 Å². The maximum absolute atomic E-state index is 13.0. The number of fused-ring (bicyclic) bond motifs is 1. The second-order valence-electron chi connectivity index (χ2n) is 9.89. The molecule has 1 aliphatic rings. The van der Waals surface area contributed by atoms with Gasteiger partial charge in [-0.25, -0.2) is 17.9 Å². The van der Waals surface area contributed by atoms with Crippen LogP contribution < -0.4 is 14.8 Å². The van der Waals surface area contributed by atoms with Crippen molar-refractivity contribution >= 4 is 38.6 Å². The van der Waals surface area contributed by atoms with Gasteiger partial charge in [0.2, 0.25) is 0 Å². The predicted molar refractivity (Wildman–Crippen MR) is 157 cm³/mol. The van der Waals surface area contributed by atoms with Crippen molar-refractivity contribution in [3.05, 3.63) is 89.1 Å². The van der Waals surface area contributed by atoms with E-state index in [1.54, 1.807) is 12.1 Å². The average molecular weight is 580 g/mol. The molecule has 0 saturated heterocycles. The van der Waals surface area contributed by atoms with Gasteiger partial charge in [-0.1, -0.05) is 24.3 Å². The first-order valence-electron chi connectivity index (χ1n) is 15.1. The largest absolute Gasteiger partial charge is 0.496 e. The van der Waals surface area contributed by atoms with Gasteiger partial charge < -0.3 is 14.0 Å². The number of carbonyl (C=O) groups is 2. The summed E-state index contributed by atoms with van der Waals surface area (Å²) in [5, 5.41) is 3.59. The van der Waals surface area contributed by atoms with E-state index in [-0.39, 0.29) is 5.56 Å². The van der Waals surface area contributed by atoms with E-state index in [0.717, 1.165) is 35.4 Å². The summed E-state index contributed by atoms with van der Waals surface area (Å²) in [6, 6.07) is 15.1. The number of hydrogen-bond donors (Lipinski definition) is 2. The van der Waals surface area contributed by atoms with Gasteiger partial charge in [0.15, 0.2) is 0 Å². The lowest BCUT2D eigenvalue weighted by atomic mass is 10.0. The molecule has 9 nitrogen and oxygen atoms in total. The standard InChI is InChI=1S/C31H33N3O6S/c1-20-8-4-7-11-29(20)41(37,38)33-30(35)22-13-12-21(28(17-22)39-3)16-23-19-34(2)27-15-14-24(18-26(23)27)32-31(36)40-25-9-5-6-10-25/h4,7-8,11-15,17-19,25H,5-6,9-10,16H2,1-3H3,(H,32,36)(H,33,35)/i1D3,25D. The summed E-state index contributed by atoms with van der Waals surface area (Å²) in [5.74, 6) is -0.602. The molecule has 10 heteroatoms. The molecule has 2 amide bonds. The minimum absolute atomic E-state index is 0.00267. The molecule has 0 atom stereocenters. The van der Waals surface area contributed by atoms with E-state index < -0.39 is 45.4 Å². The second kappa shape index (κ2) is 11.7. The Morgan fingerprint density at radius 2 is 1.85 bits per heavy atom. The van der Waals surface area contributed by atoms with E-state index >= 15 is 0 Å². The highest BCUT2D eigenvalue weighted by atomic mass is 32.2. The van der Waals surface area contributed by atoms with Crippen molar-refractivity contribution in [2.24, 2.45) is 7.05 Å². The lowest BCUT2D eigenvalue weighted by Gasteiger charge is -2.13. The fraction of sp³-hybridized carbons (Fsp3) is 0.290. The molecule has 4 aromatic rings. The molecule has 0 spiro atoms. The van der Waals surface area contributed by atoms with Gasteiger partial charge in [0.25, 0.3) is 15.9 Å². The number of hydrogen-bond acceptors (Lipinski definition) is 6. The van der Waals surface area contributed by atoms with Crippen LogP contribution in [-0.4, -0.2) is 38.2 Å². The zero-order valence-corrected chi connectivity index (χ0v) is 23.5. The third kappa shape index (κ3) is 6.22. The van der Waals surface area contributed by atoms with Crippen LogP contribution >= 0.6 is 0 Å². The average Bonchev–Trinajstić information content (AvgIpc) is 3.54. The molecule has 0 aliphatic heterocycles. The van der Waals surface area contributed by atoms with Crippen molar-refractivity contribution in [1.82, 2.24) is 9.29 Å². The van der Waals surface area contributed by atoms with Crippen LogP contribution in [0.1, 0.15) is 58.2 Å². The van der Waals surface area contributed by atoms with Crippen LogP contribution in [0.5, 0.6) is 5.75 Å². The second-order valence-corrected chi connectivity index (χ2v) is 11.5. The molecular weight excluding hydrogens is 542 g/mol. The molecule has 0 radical (unpaired) electrons. The van der Waals surface area contributed by atoms with Crippen molar-refractivity contribution in [3.8, 4) is 5.75 Å². The fourth-order valence-corrected chi connectivity index (χ4v) is 6.10. The summed E-state index contributed by atoms with van der Waals surface area (Å²) in [4.78, 5) is 25.0. The van der Waals surface area contributed by atoms with Gasteiger partial charge in [-0.15, -0.1) is 0 Å². The van der Waals surface area contributed by atoms with Crippen LogP contribution in [0.15, 0.2) is 71.8 Å². The van der Waals surface area contributed by atoms with Crippen LogP contribution in [0.25, 0.3) is 10.9 Å². The molecule has 214 valence electrons. The van der Waals surface area contributed by atoms with Crippen molar-refractivity contribution in [2.75, 3.05) is 12.4 Å². The number of carbonyl (C=O) groups excluding carboxylic acids is 2. The molecule has 1 heterocycles. The summed E-state index contributed by atoms with van der Waals surface area (Å²) < 4.78 is 72.1. The number of rotatable bonds is 8. The Balaban J connectivity index is 1.36. The van der Waals surface area contributed by atoms with Gasteiger partial charge in [0.05, 0.1) is 13.4 Å². The van der Waals surface area contributed by atoms with Gasteiger partial charge >= 0.3 is 6.09 Å². The molecule has 1 aromatic heterocycles. The number of nitrogens with zero attached hydrogens (tertiary/aromatic N) is 1. The van der Waals surface area contributed by atoms with Crippen LogP contribution in [0.3, 0.4) is 0 Å². The number of amides is 2. The molecule has 0 bridgehead atoms. The summed E-state index contributed by atoms with van der Waals surface area (Å²) >= 11 is 0. The van der Waals surface area contributed by atoms with Crippen molar-refractivity contribution in [1.29, 1.82) is 0 Å². The molecule has 41 heavy (non-hydrogen) atoms. The lowest BCUT2D eigenvalue weighted by Crippen LogP contribution is -2.31. The summed E-state index contributed by atoms with van der Waals surface area (Å²) in [6.07, 6.45) is 3.19. The van der Waals surface area contributed by atoms with Gasteiger partial charge in [-0.3, -0.25) is 10.1 Å². The van der Waals surface area contributed by atoms with Crippen molar-refractivity contribution in [3.63, 3.8) is 0 Å². The minimum Gasteiger partial charge on any atom is -0.496 e. The topological polar surface area (TPSA) is 116 Å². The quantitative estimate of drug-likeness (QED) is 0.277. The third-order valence-corrected chi connectivity index (χ3v) is 8.44. The zero-order valence-electron chi connectivity index (χ0n) is 26.7. The van der Waals surface area contributed by atoms with Crippen LogP contribution in [0.4, 0.5) is 10.5 Å². The molecule has 0 unspecified atom stereocenters. The fourth-order valence-electron chi connectivity index (χ4n) is 5.01. The number of benzene rings is 3. The molecule has 1 fully saturated rings.